The highest BCUT2D eigenvalue weighted by Gasteiger charge is 2.16. The molecule has 0 bridgehead atoms. The van der Waals surface area contributed by atoms with E-state index in [4.69, 9.17) is 4.74 Å². The van der Waals surface area contributed by atoms with Crippen molar-refractivity contribution >= 4 is 0 Å². The van der Waals surface area contributed by atoms with Crippen LogP contribution in [-0.2, 0) is 4.74 Å². The van der Waals surface area contributed by atoms with Crippen molar-refractivity contribution in [3.05, 3.63) is 0 Å². The first kappa shape index (κ1) is 17.0. The van der Waals surface area contributed by atoms with E-state index in [9.17, 15) is 0 Å². The fraction of sp³-hybridized carbons (Fsp3) is 1.00. The first-order valence-electron chi connectivity index (χ1n) is 8.68. The minimum Gasteiger partial charge on any atom is -0.365 e. The summed E-state index contributed by atoms with van der Waals surface area (Å²) in [6.45, 7) is 6.31. The molecule has 0 aromatic carbocycles. The van der Waals surface area contributed by atoms with Crippen LogP contribution in [0.5, 0.6) is 0 Å². The molecule has 1 fully saturated rings. The highest BCUT2D eigenvalue weighted by molar-refractivity contribution is 4.71. The van der Waals surface area contributed by atoms with Crippen molar-refractivity contribution < 1.29 is 4.74 Å². The third-order valence-electron chi connectivity index (χ3n) is 4.38. The van der Waals surface area contributed by atoms with Gasteiger partial charge < -0.3 is 4.74 Å². The van der Waals surface area contributed by atoms with Crippen LogP contribution < -0.4 is 5.32 Å². The zero-order valence-corrected chi connectivity index (χ0v) is 13.3. The van der Waals surface area contributed by atoms with Crippen LogP contribution in [0, 0.1) is 5.92 Å². The highest BCUT2D eigenvalue weighted by Crippen LogP contribution is 2.22. The standard InChI is InChI=1S/C17H35NO/c1-3-5-6-7-8-9-11-16(10-4-2)12-13-17-14-19-15-18-17/h16-18H,3-15H2,1-2H3. The smallest absolute Gasteiger partial charge is 0.0968 e. The van der Waals surface area contributed by atoms with Gasteiger partial charge in [-0.25, -0.2) is 0 Å². The largest absolute Gasteiger partial charge is 0.365 e. The van der Waals surface area contributed by atoms with Gasteiger partial charge in [-0.2, -0.15) is 0 Å². The van der Waals surface area contributed by atoms with Crippen molar-refractivity contribution in [2.75, 3.05) is 13.3 Å². The molecule has 2 heteroatoms. The molecule has 1 rings (SSSR count). The summed E-state index contributed by atoms with van der Waals surface area (Å²) in [6.07, 6.45) is 15.5. The Morgan fingerprint density at radius 2 is 1.74 bits per heavy atom. The monoisotopic (exact) mass is 269 g/mol. The van der Waals surface area contributed by atoms with E-state index in [1.807, 2.05) is 0 Å². The fourth-order valence-corrected chi connectivity index (χ4v) is 3.11. The lowest BCUT2D eigenvalue weighted by Gasteiger charge is -2.18. The molecule has 0 radical (unpaired) electrons. The predicted molar refractivity (Wildman–Crippen MR) is 83.4 cm³/mol. The minimum atomic E-state index is 0.629. The Kier molecular flexibility index (Phi) is 10.5. The van der Waals surface area contributed by atoms with Gasteiger partial charge in [-0.05, 0) is 18.8 Å². The summed E-state index contributed by atoms with van der Waals surface area (Å²) >= 11 is 0. The quantitative estimate of drug-likeness (QED) is 0.510. The molecular weight excluding hydrogens is 234 g/mol. The average Bonchev–Trinajstić information content (AvgIpc) is 2.93. The molecule has 1 aliphatic rings. The Bertz CT molecular complexity index is 190. The van der Waals surface area contributed by atoms with Crippen LogP contribution in [-0.4, -0.2) is 19.4 Å². The van der Waals surface area contributed by atoms with Gasteiger partial charge in [-0.1, -0.05) is 71.6 Å². The van der Waals surface area contributed by atoms with E-state index in [0.29, 0.717) is 6.04 Å². The molecule has 1 aliphatic heterocycles. The van der Waals surface area contributed by atoms with E-state index >= 15 is 0 Å². The van der Waals surface area contributed by atoms with Crippen LogP contribution in [0.1, 0.15) is 84.5 Å². The zero-order chi connectivity index (χ0) is 13.8. The molecule has 0 spiro atoms. The first-order valence-corrected chi connectivity index (χ1v) is 8.68. The zero-order valence-electron chi connectivity index (χ0n) is 13.3. The maximum absolute atomic E-state index is 5.37. The average molecular weight is 269 g/mol. The SMILES string of the molecule is CCCCCCCCC(CCC)CCC1COCN1. The topological polar surface area (TPSA) is 21.3 Å². The first-order chi connectivity index (χ1) is 9.36. The summed E-state index contributed by atoms with van der Waals surface area (Å²) in [5, 5.41) is 3.42. The van der Waals surface area contributed by atoms with Crippen molar-refractivity contribution in [2.24, 2.45) is 5.92 Å². The number of hydrogen-bond donors (Lipinski definition) is 1. The van der Waals surface area contributed by atoms with Crippen molar-refractivity contribution in [3.63, 3.8) is 0 Å². The van der Waals surface area contributed by atoms with Crippen LogP contribution in [0.25, 0.3) is 0 Å². The lowest BCUT2D eigenvalue weighted by molar-refractivity contribution is 0.188. The Balaban J connectivity index is 2.02. The Hall–Kier alpha value is -0.0800. The molecule has 114 valence electrons. The van der Waals surface area contributed by atoms with Crippen molar-refractivity contribution in [2.45, 2.75) is 90.5 Å². The third kappa shape index (κ3) is 8.65. The molecule has 2 nitrogen and oxygen atoms in total. The summed E-state index contributed by atoms with van der Waals surface area (Å²) < 4.78 is 5.37. The van der Waals surface area contributed by atoms with Crippen LogP contribution >= 0.6 is 0 Å². The number of unbranched alkanes of at least 4 members (excludes halogenated alkanes) is 5. The van der Waals surface area contributed by atoms with E-state index in [2.05, 4.69) is 19.2 Å². The van der Waals surface area contributed by atoms with Crippen LogP contribution in [0.3, 0.4) is 0 Å². The lowest BCUT2D eigenvalue weighted by Crippen LogP contribution is -2.24. The second-order valence-electron chi connectivity index (χ2n) is 6.20. The molecule has 2 atom stereocenters. The van der Waals surface area contributed by atoms with Crippen molar-refractivity contribution in [1.29, 1.82) is 0 Å². The molecule has 1 N–H and O–H groups in total. The molecule has 0 aromatic rings. The molecule has 19 heavy (non-hydrogen) atoms. The molecule has 0 aromatic heterocycles. The van der Waals surface area contributed by atoms with Gasteiger partial charge in [0.2, 0.25) is 0 Å². The van der Waals surface area contributed by atoms with Gasteiger partial charge in [-0.15, -0.1) is 0 Å². The summed E-state index contributed by atoms with van der Waals surface area (Å²) in [5.74, 6) is 0.957. The van der Waals surface area contributed by atoms with Crippen LogP contribution in [0.2, 0.25) is 0 Å². The maximum Gasteiger partial charge on any atom is 0.0968 e. The second kappa shape index (κ2) is 11.7. The van der Waals surface area contributed by atoms with Crippen molar-refractivity contribution in [1.82, 2.24) is 5.32 Å². The minimum absolute atomic E-state index is 0.629. The van der Waals surface area contributed by atoms with Gasteiger partial charge in [0, 0.05) is 6.04 Å². The van der Waals surface area contributed by atoms with E-state index in [1.165, 1.54) is 70.6 Å². The van der Waals surface area contributed by atoms with Gasteiger partial charge >= 0.3 is 0 Å². The second-order valence-corrected chi connectivity index (χ2v) is 6.20. The van der Waals surface area contributed by atoms with E-state index in [0.717, 1.165) is 19.3 Å². The van der Waals surface area contributed by atoms with Gasteiger partial charge in [0.1, 0.15) is 0 Å². The van der Waals surface area contributed by atoms with Gasteiger partial charge in [0.05, 0.1) is 13.3 Å². The normalized spacial score (nSPS) is 20.8. The van der Waals surface area contributed by atoms with Gasteiger partial charge in [0.25, 0.3) is 0 Å². The molecule has 1 heterocycles. The van der Waals surface area contributed by atoms with Crippen LogP contribution in [0.15, 0.2) is 0 Å². The van der Waals surface area contributed by atoms with E-state index in [1.54, 1.807) is 0 Å². The fourth-order valence-electron chi connectivity index (χ4n) is 3.11. The molecular formula is C17H35NO. The molecule has 0 aliphatic carbocycles. The van der Waals surface area contributed by atoms with Gasteiger partial charge in [0.15, 0.2) is 0 Å². The number of nitrogens with one attached hydrogen (secondary N) is 1. The third-order valence-corrected chi connectivity index (χ3v) is 4.38. The van der Waals surface area contributed by atoms with Crippen LogP contribution in [0.4, 0.5) is 0 Å². The Morgan fingerprint density at radius 1 is 0.947 bits per heavy atom. The Morgan fingerprint density at radius 3 is 2.42 bits per heavy atom. The van der Waals surface area contributed by atoms with Gasteiger partial charge in [-0.3, -0.25) is 5.32 Å². The lowest BCUT2D eigenvalue weighted by atomic mass is 9.90. The summed E-state index contributed by atoms with van der Waals surface area (Å²) in [7, 11) is 0. The number of hydrogen-bond acceptors (Lipinski definition) is 2. The predicted octanol–water partition coefficient (Wildman–Crippen LogP) is 4.88. The Labute approximate surface area is 120 Å². The van der Waals surface area contributed by atoms with Crippen molar-refractivity contribution in [3.8, 4) is 0 Å². The number of rotatable bonds is 12. The van der Waals surface area contributed by atoms with E-state index in [-0.39, 0.29) is 0 Å². The number of ether oxygens (including phenoxy) is 1. The highest BCUT2D eigenvalue weighted by atomic mass is 16.5. The maximum atomic E-state index is 5.37. The summed E-state index contributed by atoms with van der Waals surface area (Å²) in [4.78, 5) is 0. The molecule has 0 saturated carbocycles. The molecule has 0 amide bonds. The van der Waals surface area contributed by atoms with E-state index < -0.39 is 0 Å². The molecule has 2 unspecified atom stereocenters. The summed E-state index contributed by atoms with van der Waals surface area (Å²) in [6, 6.07) is 0.629. The molecule has 1 saturated heterocycles. The summed E-state index contributed by atoms with van der Waals surface area (Å²) in [5.41, 5.74) is 0.